The molecule has 0 N–H and O–H groups in total. The monoisotopic (exact) mass is 374 g/mol. The molecule has 1 saturated carbocycles. The Morgan fingerprint density at radius 2 is 1.36 bits per heavy atom. The Hall–Kier alpha value is -2.20. The van der Waals surface area contributed by atoms with Gasteiger partial charge in [-0.05, 0) is 79.5 Å². The fourth-order valence-corrected chi connectivity index (χ4v) is 3.93. The van der Waals surface area contributed by atoms with Crippen LogP contribution in [0.15, 0.2) is 48.5 Å². The topological polar surface area (TPSA) is 9.23 Å². The van der Waals surface area contributed by atoms with Crippen molar-refractivity contribution in [3.05, 3.63) is 65.2 Å². The van der Waals surface area contributed by atoms with Crippen LogP contribution in [0.1, 0.15) is 75.5 Å². The Balaban J connectivity index is 1.47. The molecule has 0 spiro atoms. The maximum atomic E-state index is 6.03. The first-order chi connectivity index (χ1) is 13.8. The van der Waals surface area contributed by atoms with Crippen LogP contribution in [-0.2, 0) is 6.42 Å². The number of benzene rings is 2. The minimum Gasteiger partial charge on any atom is -0.493 e. The highest BCUT2D eigenvalue weighted by molar-refractivity contribution is 5.44. The van der Waals surface area contributed by atoms with Crippen LogP contribution < -0.4 is 4.74 Å². The average Bonchev–Trinajstić information content (AvgIpc) is 2.76. The molecular weight excluding hydrogens is 340 g/mol. The van der Waals surface area contributed by atoms with E-state index in [2.05, 4.69) is 74.2 Å². The normalized spacial score (nSPS) is 18.9. The van der Waals surface area contributed by atoms with Crippen LogP contribution in [-0.4, -0.2) is 6.61 Å². The number of rotatable bonds is 7. The quantitative estimate of drug-likeness (QED) is 0.473. The number of unbranched alkanes of at least 4 members (excludes halogenated alkanes) is 1. The molecule has 0 aromatic heterocycles. The molecule has 0 bridgehead atoms. The van der Waals surface area contributed by atoms with Crippen LogP contribution in [0.25, 0.3) is 0 Å². The molecule has 3 rings (SSSR count). The van der Waals surface area contributed by atoms with E-state index in [-0.39, 0.29) is 0 Å². The zero-order valence-electron chi connectivity index (χ0n) is 17.5. The molecule has 1 nitrogen and oxygen atoms in total. The van der Waals surface area contributed by atoms with E-state index in [1.165, 1.54) is 50.5 Å². The van der Waals surface area contributed by atoms with Gasteiger partial charge in [-0.15, -0.1) is 0 Å². The highest BCUT2D eigenvalue weighted by Crippen LogP contribution is 2.31. The van der Waals surface area contributed by atoms with Crippen molar-refractivity contribution in [1.82, 2.24) is 0 Å². The summed E-state index contributed by atoms with van der Waals surface area (Å²) in [6, 6.07) is 16.9. The SMILES string of the molecule is CCCCc1ccc(C#Cc2ccc(OC[C@H]3CC[C@H](CC)CC3)cc2)cc1. The van der Waals surface area contributed by atoms with Crippen LogP contribution in [0.4, 0.5) is 0 Å². The van der Waals surface area contributed by atoms with Gasteiger partial charge in [0.2, 0.25) is 0 Å². The summed E-state index contributed by atoms with van der Waals surface area (Å²) >= 11 is 0. The van der Waals surface area contributed by atoms with E-state index in [0.29, 0.717) is 0 Å². The molecule has 0 atom stereocenters. The average molecular weight is 375 g/mol. The van der Waals surface area contributed by atoms with Crippen molar-refractivity contribution < 1.29 is 4.74 Å². The standard InChI is InChI=1S/C27H34O/c1-3-5-6-23-9-11-24(12-10-23)13-14-25-17-19-27(20-18-25)28-21-26-15-7-22(4-2)8-16-26/h9-12,17-20,22,26H,3-8,15-16,21H2,1-2H3/t22-,26-. The van der Waals surface area contributed by atoms with Crippen molar-refractivity contribution in [1.29, 1.82) is 0 Å². The predicted molar refractivity (Wildman–Crippen MR) is 119 cm³/mol. The first kappa shape index (κ1) is 20.5. The maximum Gasteiger partial charge on any atom is 0.119 e. The number of ether oxygens (including phenoxy) is 1. The second kappa shape index (κ2) is 11.0. The van der Waals surface area contributed by atoms with Gasteiger partial charge in [0.05, 0.1) is 6.61 Å². The first-order valence-electron chi connectivity index (χ1n) is 11.1. The molecule has 0 saturated heterocycles. The number of aryl methyl sites for hydroxylation is 1. The van der Waals surface area contributed by atoms with Crippen LogP contribution in [0, 0.1) is 23.7 Å². The lowest BCUT2D eigenvalue weighted by Crippen LogP contribution is -2.19. The summed E-state index contributed by atoms with van der Waals surface area (Å²) in [6.07, 6.45) is 10.4. The van der Waals surface area contributed by atoms with Gasteiger partial charge < -0.3 is 4.74 Å². The minimum absolute atomic E-state index is 0.725. The molecule has 1 fully saturated rings. The van der Waals surface area contributed by atoms with Crippen LogP contribution in [0.2, 0.25) is 0 Å². The van der Waals surface area contributed by atoms with Crippen molar-refractivity contribution in [2.45, 2.75) is 65.2 Å². The van der Waals surface area contributed by atoms with E-state index < -0.39 is 0 Å². The molecule has 1 aliphatic carbocycles. The molecule has 0 amide bonds. The number of hydrogen-bond acceptors (Lipinski definition) is 1. The highest BCUT2D eigenvalue weighted by atomic mass is 16.5. The molecular formula is C27H34O. The maximum absolute atomic E-state index is 6.03. The Morgan fingerprint density at radius 3 is 1.93 bits per heavy atom. The lowest BCUT2D eigenvalue weighted by molar-refractivity contribution is 0.181. The van der Waals surface area contributed by atoms with Gasteiger partial charge in [0.25, 0.3) is 0 Å². The lowest BCUT2D eigenvalue weighted by atomic mass is 9.81. The van der Waals surface area contributed by atoms with Gasteiger partial charge in [-0.1, -0.05) is 63.5 Å². The zero-order valence-corrected chi connectivity index (χ0v) is 17.5. The molecule has 0 aliphatic heterocycles. The summed E-state index contributed by atoms with van der Waals surface area (Å²) in [5, 5.41) is 0. The van der Waals surface area contributed by atoms with Crippen molar-refractivity contribution in [2.24, 2.45) is 11.8 Å². The van der Waals surface area contributed by atoms with Crippen molar-refractivity contribution in [3.8, 4) is 17.6 Å². The second-order valence-electron chi connectivity index (χ2n) is 8.18. The van der Waals surface area contributed by atoms with Gasteiger partial charge in [-0.3, -0.25) is 0 Å². The molecule has 148 valence electrons. The lowest BCUT2D eigenvalue weighted by Gasteiger charge is -2.27. The van der Waals surface area contributed by atoms with Crippen molar-refractivity contribution in [3.63, 3.8) is 0 Å². The van der Waals surface area contributed by atoms with E-state index >= 15 is 0 Å². The molecule has 28 heavy (non-hydrogen) atoms. The third-order valence-electron chi connectivity index (χ3n) is 6.01. The Morgan fingerprint density at radius 1 is 0.786 bits per heavy atom. The van der Waals surface area contributed by atoms with Gasteiger partial charge in [0, 0.05) is 11.1 Å². The Bertz CT molecular complexity index is 753. The minimum atomic E-state index is 0.725. The molecule has 0 heterocycles. The summed E-state index contributed by atoms with van der Waals surface area (Å²) in [5.41, 5.74) is 3.51. The van der Waals surface area contributed by atoms with Crippen LogP contribution >= 0.6 is 0 Å². The summed E-state index contributed by atoms with van der Waals surface area (Å²) in [5.74, 6) is 9.16. The molecule has 2 aromatic rings. The van der Waals surface area contributed by atoms with E-state index in [9.17, 15) is 0 Å². The van der Waals surface area contributed by atoms with Gasteiger partial charge in [0.1, 0.15) is 5.75 Å². The molecule has 1 heteroatoms. The Labute approximate surface area is 171 Å². The van der Waals surface area contributed by atoms with Gasteiger partial charge in [-0.25, -0.2) is 0 Å². The van der Waals surface area contributed by atoms with Crippen molar-refractivity contribution >= 4 is 0 Å². The fraction of sp³-hybridized carbons (Fsp3) is 0.481. The summed E-state index contributed by atoms with van der Waals surface area (Å²) in [7, 11) is 0. The largest absolute Gasteiger partial charge is 0.493 e. The zero-order chi connectivity index (χ0) is 19.6. The van der Waals surface area contributed by atoms with Crippen LogP contribution in [0.5, 0.6) is 5.75 Å². The summed E-state index contributed by atoms with van der Waals surface area (Å²) in [6.45, 7) is 5.40. The highest BCUT2D eigenvalue weighted by Gasteiger charge is 2.20. The van der Waals surface area contributed by atoms with E-state index in [0.717, 1.165) is 41.7 Å². The fourth-order valence-electron chi connectivity index (χ4n) is 3.93. The van der Waals surface area contributed by atoms with Gasteiger partial charge in [0.15, 0.2) is 0 Å². The third-order valence-corrected chi connectivity index (χ3v) is 6.01. The second-order valence-corrected chi connectivity index (χ2v) is 8.18. The molecule has 0 radical (unpaired) electrons. The van der Waals surface area contributed by atoms with Gasteiger partial charge >= 0.3 is 0 Å². The Kier molecular flexibility index (Phi) is 8.04. The molecule has 2 aromatic carbocycles. The third kappa shape index (κ3) is 6.45. The number of hydrogen-bond donors (Lipinski definition) is 0. The molecule has 0 unspecified atom stereocenters. The van der Waals surface area contributed by atoms with Crippen LogP contribution in [0.3, 0.4) is 0 Å². The van der Waals surface area contributed by atoms with Crippen molar-refractivity contribution in [2.75, 3.05) is 6.61 Å². The summed E-state index contributed by atoms with van der Waals surface area (Å²) < 4.78 is 6.03. The van der Waals surface area contributed by atoms with E-state index in [1.54, 1.807) is 0 Å². The molecule has 1 aliphatic rings. The van der Waals surface area contributed by atoms with E-state index in [1.807, 2.05) is 0 Å². The first-order valence-corrected chi connectivity index (χ1v) is 11.1. The smallest absolute Gasteiger partial charge is 0.119 e. The summed E-state index contributed by atoms with van der Waals surface area (Å²) in [4.78, 5) is 0. The van der Waals surface area contributed by atoms with Gasteiger partial charge in [-0.2, -0.15) is 0 Å². The van der Waals surface area contributed by atoms with E-state index in [4.69, 9.17) is 4.74 Å². The predicted octanol–water partition coefficient (Wildman–Crippen LogP) is 7.02.